The number of nitrogens with one attached hydrogen (secondary N) is 2. The van der Waals surface area contributed by atoms with E-state index in [1.54, 1.807) is 25.3 Å². The van der Waals surface area contributed by atoms with Crippen molar-refractivity contribution >= 4 is 10.0 Å². The van der Waals surface area contributed by atoms with Crippen LogP contribution in [0.1, 0.15) is 25.3 Å². The van der Waals surface area contributed by atoms with Crippen LogP contribution in [0.3, 0.4) is 0 Å². The molecule has 0 amide bonds. The van der Waals surface area contributed by atoms with Crippen LogP contribution in [0.25, 0.3) is 0 Å². The Morgan fingerprint density at radius 2 is 2.00 bits per heavy atom. The first kappa shape index (κ1) is 16.9. The minimum absolute atomic E-state index is 0.338. The van der Waals surface area contributed by atoms with Crippen LogP contribution in [0.5, 0.6) is 5.75 Å². The van der Waals surface area contributed by atoms with Crippen molar-refractivity contribution in [3.05, 3.63) is 23.8 Å². The summed E-state index contributed by atoms with van der Waals surface area (Å²) in [6.45, 7) is 3.21. The van der Waals surface area contributed by atoms with Crippen molar-refractivity contribution in [2.45, 2.75) is 31.1 Å². The minimum Gasteiger partial charge on any atom is -0.497 e. The Balaban J connectivity index is 3.01. The fourth-order valence-corrected chi connectivity index (χ4v) is 3.18. The molecule has 2 N–H and O–H groups in total. The maximum absolute atomic E-state index is 12.3. The topological polar surface area (TPSA) is 67.4 Å². The summed E-state index contributed by atoms with van der Waals surface area (Å²) in [6.07, 6.45) is 2.43. The molecule has 1 aromatic rings. The average molecular weight is 300 g/mol. The van der Waals surface area contributed by atoms with E-state index >= 15 is 0 Å². The highest BCUT2D eigenvalue weighted by Crippen LogP contribution is 2.22. The largest absolute Gasteiger partial charge is 0.497 e. The van der Waals surface area contributed by atoms with Gasteiger partial charge in [0.2, 0.25) is 10.0 Å². The van der Waals surface area contributed by atoms with E-state index in [-0.39, 0.29) is 0 Å². The monoisotopic (exact) mass is 300 g/mol. The number of likely N-dealkylation sites (N-methyl/N-ethyl adjacent to an activating group) is 1. The molecule has 0 spiro atoms. The molecule has 0 heterocycles. The van der Waals surface area contributed by atoms with Crippen LogP contribution in [0.2, 0.25) is 0 Å². The van der Waals surface area contributed by atoms with Gasteiger partial charge in [-0.3, -0.25) is 0 Å². The quantitative estimate of drug-likeness (QED) is 0.679. The fraction of sp³-hybridized carbons (Fsp3) is 0.571. The van der Waals surface area contributed by atoms with Crippen LogP contribution in [-0.4, -0.2) is 35.7 Å². The summed E-state index contributed by atoms with van der Waals surface area (Å²) >= 11 is 0. The molecule has 0 atom stereocenters. The highest BCUT2D eigenvalue weighted by Gasteiger charge is 2.18. The Kier molecular flexibility index (Phi) is 6.98. The molecule has 0 unspecified atom stereocenters. The van der Waals surface area contributed by atoms with Gasteiger partial charge in [0.15, 0.2) is 0 Å². The first-order valence-electron chi connectivity index (χ1n) is 6.86. The summed E-state index contributed by atoms with van der Waals surface area (Å²) in [6, 6.07) is 5.07. The highest BCUT2D eigenvalue weighted by molar-refractivity contribution is 7.89. The molecular formula is C14H24N2O3S. The third-order valence-corrected chi connectivity index (χ3v) is 4.59. The Morgan fingerprint density at radius 1 is 1.25 bits per heavy atom. The van der Waals surface area contributed by atoms with E-state index in [0.29, 0.717) is 30.2 Å². The van der Waals surface area contributed by atoms with Gasteiger partial charge in [0.1, 0.15) is 5.75 Å². The van der Waals surface area contributed by atoms with Gasteiger partial charge >= 0.3 is 0 Å². The molecule has 0 bridgehead atoms. The van der Waals surface area contributed by atoms with Crippen molar-refractivity contribution in [1.82, 2.24) is 10.0 Å². The van der Waals surface area contributed by atoms with Gasteiger partial charge in [-0.15, -0.1) is 0 Å². The first-order valence-corrected chi connectivity index (χ1v) is 8.34. The molecule has 1 aromatic carbocycles. The van der Waals surface area contributed by atoms with Crippen molar-refractivity contribution in [3.8, 4) is 5.75 Å². The van der Waals surface area contributed by atoms with Crippen molar-refractivity contribution < 1.29 is 13.2 Å². The lowest BCUT2D eigenvalue weighted by atomic mass is 10.1. The fourth-order valence-electron chi connectivity index (χ4n) is 1.86. The summed E-state index contributed by atoms with van der Waals surface area (Å²) in [5.74, 6) is 0.670. The third kappa shape index (κ3) is 4.77. The molecule has 0 saturated heterocycles. The smallest absolute Gasteiger partial charge is 0.240 e. The molecule has 0 radical (unpaired) electrons. The van der Waals surface area contributed by atoms with Gasteiger partial charge in [-0.2, -0.15) is 0 Å². The lowest BCUT2D eigenvalue weighted by Gasteiger charge is -2.13. The number of benzene rings is 1. The summed E-state index contributed by atoms with van der Waals surface area (Å²) < 4.78 is 32.4. The average Bonchev–Trinajstić information content (AvgIpc) is 2.44. The molecule has 114 valence electrons. The summed E-state index contributed by atoms with van der Waals surface area (Å²) in [4.78, 5) is 0.338. The molecule has 1 rings (SSSR count). The second kappa shape index (κ2) is 8.24. The molecule has 0 aliphatic rings. The maximum Gasteiger partial charge on any atom is 0.240 e. The molecule has 6 heteroatoms. The van der Waals surface area contributed by atoms with Gasteiger partial charge in [0.25, 0.3) is 0 Å². The molecule has 0 saturated carbocycles. The van der Waals surface area contributed by atoms with E-state index in [1.807, 2.05) is 14.0 Å². The molecule has 5 nitrogen and oxygen atoms in total. The summed E-state index contributed by atoms with van der Waals surface area (Å²) in [5.41, 5.74) is 0.766. The molecule has 0 fully saturated rings. The minimum atomic E-state index is -3.45. The van der Waals surface area contributed by atoms with Crippen molar-refractivity contribution in [1.29, 1.82) is 0 Å². The van der Waals surface area contributed by atoms with Gasteiger partial charge in [-0.05, 0) is 50.2 Å². The third-order valence-electron chi connectivity index (χ3n) is 3.02. The van der Waals surface area contributed by atoms with E-state index in [2.05, 4.69) is 10.0 Å². The number of ether oxygens (including phenoxy) is 1. The van der Waals surface area contributed by atoms with Crippen molar-refractivity contribution in [3.63, 3.8) is 0 Å². The predicted octanol–water partition coefficient (Wildman–Crippen LogP) is 1.54. The van der Waals surface area contributed by atoms with Gasteiger partial charge in [0.05, 0.1) is 12.0 Å². The second-order valence-electron chi connectivity index (χ2n) is 4.58. The van der Waals surface area contributed by atoms with Gasteiger partial charge in [0, 0.05) is 6.54 Å². The van der Waals surface area contributed by atoms with Gasteiger partial charge in [-0.25, -0.2) is 13.1 Å². The van der Waals surface area contributed by atoms with Crippen LogP contribution in [0.15, 0.2) is 23.1 Å². The zero-order valence-electron chi connectivity index (χ0n) is 12.4. The number of hydrogen-bond acceptors (Lipinski definition) is 4. The van der Waals surface area contributed by atoms with E-state index < -0.39 is 10.0 Å². The Hall–Kier alpha value is -1.11. The number of hydrogen-bond donors (Lipinski definition) is 2. The first-order chi connectivity index (χ1) is 9.55. The van der Waals surface area contributed by atoms with E-state index in [9.17, 15) is 8.42 Å². The van der Waals surface area contributed by atoms with Crippen LogP contribution < -0.4 is 14.8 Å². The number of methoxy groups -OCH3 is 1. The maximum atomic E-state index is 12.3. The van der Waals surface area contributed by atoms with E-state index in [1.165, 1.54) is 0 Å². The van der Waals surface area contributed by atoms with Crippen molar-refractivity contribution in [2.24, 2.45) is 0 Å². The molecule has 0 aromatic heterocycles. The van der Waals surface area contributed by atoms with E-state index in [0.717, 1.165) is 18.4 Å². The molecule has 20 heavy (non-hydrogen) atoms. The summed E-state index contributed by atoms with van der Waals surface area (Å²) in [5, 5.41) is 3.03. The number of unbranched alkanes of at least 4 members (excludes halogenated alkanes) is 1. The lowest BCUT2D eigenvalue weighted by Crippen LogP contribution is -2.26. The van der Waals surface area contributed by atoms with Crippen LogP contribution in [-0.2, 0) is 16.4 Å². The van der Waals surface area contributed by atoms with Crippen LogP contribution in [0.4, 0.5) is 0 Å². The Bertz CT molecular complexity index is 515. The summed E-state index contributed by atoms with van der Waals surface area (Å²) in [7, 11) is -0.0365. The number of sulfonamides is 1. The lowest BCUT2D eigenvalue weighted by molar-refractivity contribution is 0.413. The molecule has 0 aliphatic carbocycles. The molecule has 0 aliphatic heterocycles. The zero-order valence-corrected chi connectivity index (χ0v) is 13.2. The second-order valence-corrected chi connectivity index (χ2v) is 6.31. The van der Waals surface area contributed by atoms with Crippen LogP contribution >= 0.6 is 0 Å². The number of rotatable bonds is 9. The van der Waals surface area contributed by atoms with E-state index in [4.69, 9.17) is 4.74 Å². The normalized spacial score (nSPS) is 11.6. The zero-order chi connectivity index (χ0) is 15.0. The van der Waals surface area contributed by atoms with Crippen LogP contribution in [0, 0.1) is 0 Å². The molecular weight excluding hydrogens is 276 g/mol. The van der Waals surface area contributed by atoms with Gasteiger partial charge in [-0.1, -0.05) is 13.3 Å². The Morgan fingerprint density at radius 3 is 2.60 bits per heavy atom. The standard InChI is InChI=1S/C14H24N2O3S/c1-4-5-9-16-20(17,18)14-7-6-13(19-3)11-12(14)8-10-15-2/h6-7,11,15-16H,4-5,8-10H2,1-3H3. The highest BCUT2D eigenvalue weighted by atomic mass is 32.2. The SMILES string of the molecule is CCCCNS(=O)(=O)c1ccc(OC)cc1CCNC. The Labute approximate surface area is 121 Å². The van der Waals surface area contributed by atoms with Gasteiger partial charge < -0.3 is 10.1 Å². The van der Waals surface area contributed by atoms with Crippen molar-refractivity contribution in [2.75, 3.05) is 27.2 Å². The predicted molar refractivity (Wildman–Crippen MR) is 80.7 cm³/mol.